The van der Waals surface area contributed by atoms with E-state index in [1.807, 2.05) is 26.8 Å². The minimum atomic E-state index is -0.513. The smallest absolute Gasteiger partial charge is 0.180 e. The quantitative estimate of drug-likeness (QED) is 0.560. The molecule has 0 heterocycles. The molecule has 0 atom stereocenters. The lowest BCUT2D eigenvalue weighted by atomic mass is 9.87. The Bertz CT molecular complexity index is 308. The van der Waals surface area contributed by atoms with Crippen molar-refractivity contribution in [1.82, 2.24) is 5.32 Å². The van der Waals surface area contributed by atoms with Crippen molar-refractivity contribution < 1.29 is 4.79 Å². The second kappa shape index (κ2) is 4.48. The lowest BCUT2D eigenvalue weighted by molar-refractivity contribution is -0.122. The number of nitrogens with one attached hydrogen (secondary N) is 1. The molecule has 0 bridgehead atoms. The molecule has 3 nitrogen and oxygen atoms in total. The van der Waals surface area contributed by atoms with E-state index in [9.17, 15) is 4.79 Å². The maximum Gasteiger partial charge on any atom is 0.180 e. The van der Waals surface area contributed by atoms with Crippen molar-refractivity contribution in [3.63, 3.8) is 0 Å². The molecule has 0 aromatic carbocycles. The van der Waals surface area contributed by atoms with Gasteiger partial charge in [-0.2, -0.15) is 5.26 Å². The topological polar surface area (TPSA) is 52.9 Å². The summed E-state index contributed by atoms with van der Waals surface area (Å²) in [6, 6.07) is 1.93. The van der Waals surface area contributed by atoms with Gasteiger partial charge >= 0.3 is 0 Å². The van der Waals surface area contributed by atoms with Gasteiger partial charge in [0, 0.05) is 17.2 Å². The van der Waals surface area contributed by atoms with Crippen LogP contribution in [0.25, 0.3) is 0 Å². The van der Waals surface area contributed by atoms with Crippen LogP contribution in [0.5, 0.6) is 0 Å². The first-order valence-electron chi connectivity index (χ1n) is 5.01. The Kier molecular flexibility index (Phi) is 4.09. The van der Waals surface area contributed by atoms with Gasteiger partial charge in [-0.05, 0) is 20.8 Å². The molecule has 0 amide bonds. The normalized spacial score (nSPS) is 13.3. The Morgan fingerprint density at radius 2 is 1.67 bits per heavy atom. The number of carbonyl (C=O) groups excluding carboxylic acids is 1. The summed E-state index contributed by atoms with van der Waals surface area (Å²) >= 11 is 0. The molecule has 0 saturated heterocycles. The predicted molar refractivity (Wildman–Crippen MR) is 61.0 cm³/mol. The molecule has 0 fully saturated rings. The first-order chi connectivity index (χ1) is 6.58. The summed E-state index contributed by atoms with van der Waals surface area (Å²) in [4.78, 5) is 11.8. The molecule has 0 rings (SSSR count). The Balaban J connectivity index is 4.82. The summed E-state index contributed by atoms with van der Waals surface area (Å²) in [5.74, 6) is -0.137. The molecule has 0 unspecified atom stereocenters. The zero-order valence-electron chi connectivity index (χ0n) is 10.4. The Morgan fingerprint density at radius 1 is 1.20 bits per heavy atom. The van der Waals surface area contributed by atoms with E-state index in [-0.39, 0.29) is 16.9 Å². The van der Waals surface area contributed by atoms with Crippen molar-refractivity contribution in [2.45, 2.75) is 47.1 Å². The van der Waals surface area contributed by atoms with E-state index in [1.165, 1.54) is 6.20 Å². The SMILES string of the molecule is CC(C)(C)N/C=C(\C#N)C(=O)C(C)(C)C. The molecule has 0 saturated carbocycles. The number of ketones is 1. The van der Waals surface area contributed by atoms with Gasteiger partial charge in [0.2, 0.25) is 0 Å². The zero-order valence-corrected chi connectivity index (χ0v) is 10.4. The zero-order chi connectivity index (χ0) is 12.3. The molecular weight excluding hydrogens is 188 g/mol. The van der Waals surface area contributed by atoms with Gasteiger partial charge in [-0.15, -0.1) is 0 Å². The number of Topliss-reactive ketones (excluding diaryl/α,β-unsaturated/α-hetero) is 1. The van der Waals surface area contributed by atoms with Crippen molar-refractivity contribution in [3.05, 3.63) is 11.8 Å². The first-order valence-corrected chi connectivity index (χ1v) is 5.01. The number of hydrogen-bond donors (Lipinski definition) is 1. The van der Waals surface area contributed by atoms with Gasteiger partial charge in [-0.25, -0.2) is 0 Å². The molecule has 0 radical (unpaired) electrons. The molecule has 0 aromatic rings. The maximum absolute atomic E-state index is 11.8. The molecular formula is C12H20N2O. The van der Waals surface area contributed by atoms with Gasteiger partial charge in [-0.1, -0.05) is 20.8 Å². The van der Waals surface area contributed by atoms with Crippen molar-refractivity contribution >= 4 is 5.78 Å². The van der Waals surface area contributed by atoms with Crippen LogP contribution < -0.4 is 5.32 Å². The van der Waals surface area contributed by atoms with E-state index < -0.39 is 5.41 Å². The molecule has 0 aromatic heterocycles. The average Bonchev–Trinajstić information content (AvgIpc) is 2.01. The molecule has 0 aliphatic rings. The van der Waals surface area contributed by atoms with Crippen LogP contribution in [-0.2, 0) is 4.79 Å². The molecule has 1 N–H and O–H groups in total. The molecule has 15 heavy (non-hydrogen) atoms. The van der Waals surface area contributed by atoms with E-state index >= 15 is 0 Å². The van der Waals surface area contributed by atoms with E-state index in [1.54, 1.807) is 20.8 Å². The van der Waals surface area contributed by atoms with E-state index in [2.05, 4.69) is 5.32 Å². The van der Waals surface area contributed by atoms with Crippen molar-refractivity contribution in [1.29, 1.82) is 5.26 Å². The Hall–Kier alpha value is -1.30. The largest absolute Gasteiger partial charge is 0.385 e. The lowest BCUT2D eigenvalue weighted by Gasteiger charge is -2.20. The van der Waals surface area contributed by atoms with Crippen LogP contribution in [0.1, 0.15) is 41.5 Å². The van der Waals surface area contributed by atoms with Gasteiger partial charge in [0.25, 0.3) is 0 Å². The highest BCUT2D eigenvalue weighted by Gasteiger charge is 2.25. The van der Waals surface area contributed by atoms with Gasteiger partial charge in [-0.3, -0.25) is 4.79 Å². The van der Waals surface area contributed by atoms with Crippen LogP contribution in [0.3, 0.4) is 0 Å². The first kappa shape index (κ1) is 13.7. The molecule has 3 heteroatoms. The minimum Gasteiger partial charge on any atom is -0.385 e. The third-order valence-electron chi connectivity index (χ3n) is 1.70. The summed E-state index contributed by atoms with van der Waals surface area (Å²) in [5.41, 5.74) is -0.473. The van der Waals surface area contributed by atoms with Gasteiger partial charge in [0.05, 0.1) is 0 Å². The predicted octanol–water partition coefficient (Wildman–Crippen LogP) is 2.40. The summed E-state index contributed by atoms with van der Waals surface area (Å²) in [7, 11) is 0. The Labute approximate surface area is 92.2 Å². The third-order valence-corrected chi connectivity index (χ3v) is 1.70. The number of nitriles is 1. The van der Waals surface area contributed by atoms with Crippen molar-refractivity contribution in [2.24, 2.45) is 5.41 Å². The average molecular weight is 208 g/mol. The summed E-state index contributed by atoms with van der Waals surface area (Å²) < 4.78 is 0. The van der Waals surface area contributed by atoms with Crippen LogP contribution in [0.15, 0.2) is 11.8 Å². The second-order valence-corrected chi connectivity index (χ2v) is 5.64. The number of hydrogen-bond acceptors (Lipinski definition) is 3. The van der Waals surface area contributed by atoms with Gasteiger partial charge < -0.3 is 5.32 Å². The molecule has 0 spiro atoms. The third kappa shape index (κ3) is 5.21. The molecule has 0 aliphatic heterocycles. The van der Waals surface area contributed by atoms with E-state index in [0.29, 0.717) is 0 Å². The highest BCUT2D eigenvalue weighted by molar-refractivity contribution is 6.02. The summed E-state index contributed by atoms with van der Waals surface area (Å²) in [5, 5.41) is 11.9. The van der Waals surface area contributed by atoms with Crippen molar-refractivity contribution in [3.8, 4) is 6.07 Å². The number of carbonyl (C=O) groups is 1. The fourth-order valence-electron chi connectivity index (χ4n) is 0.841. The summed E-state index contributed by atoms with van der Waals surface area (Å²) in [6.45, 7) is 11.3. The van der Waals surface area contributed by atoms with Crippen molar-refractivity contribution in [2.75, 3.05) is 0 Å². The van der Waals surface area contributed by atoms with Crippen LogP contribution >= 0.6 is 0 Å². The molecule has 84 valence electrons. The fraction of sp³-hybridized carbons (Fsp3) is 0.667. The summed E-state index contributed by atoms with van der Waals surface area (Å²) in [6.07, 6.45) is 1.51. The van der Waals surface area contributed by atoms with Crippen LogP contribution in [0, 0.1) is 16.7 Å². The minimum absolute atomic E-state index is 0.137. The highest BCUT2D eigenvalue weighted by Crippen LogP contribution is 2.19. The van der Waals surface area contributed by atoms with E-state index in [4.69, 9.17) is 5.26 Å². The highest BCUT2D eigenvalue weighted by atomic mass is 16.1. The van der Waals surface area contributed by atoms with E-state index in [0.717, 1.165) is 0 Å². The fourth-order valence-corrected chi connectivity index (χ4v) is 0.841. The number of nitrogens with zero attached hydrogens (tertiary/aromatic N) is 1. The Morgan fingerprint density at radius 3 is 1.93 bits per heavy atom. The van der Waals surface area contributed by atoms with Gasteiger partial charge in [0.1, 0.15) is 11.6 Å². The second-order valence-electron chi connectivity index (χ2n) is 5.64. The lowest BCUT2D eigenvalue weighted by Crippen LogP contribution is -2.32. The molecule has 0 aliphatic carbocycles. The standard InChI is InChI=1S/C12H20N2O/c1-11(2,3)10(15)9(7-13)8-14-12(4,5)6/h8,14H,1-6H3/b9-8+. The van der Waals surface area contributed by atoms with Crippen LogP contribution in [-0.4, -0.2) is 11.3 Å². The monoisotopic (exact) mass is 208 g/mol. The number of allylic oxidation sites excluding steroid dienone is 1. The number of rotatable bonds is 2. The van der Waals surface area contributed by atoms with Crippen LogP contribution in [0.2, 0.25) is 0 Å². The maximum atomic E-state index is 11.8. The van der Waals surface area contributed by atoms with Gasteiger partial charge in [0.15, 0.2) is 5.78 Å². The van der Waals surface area contributed by atoms with Crippen LogP contribution in [0.4, 0.5) is 0 Å².